The summed E-state index contributed by atoms with van der Waals surface area (Å²) in [5, 5.41) is 13.6. The number of hydrogen-bond acceptors (Lipinski definition) is 7. The van der Waals surface area contributed by atoms with Crippen LogP contribution in [0.15, 0.2) is 78.4 Å². The molecule has 0 radical (unpaired) electrons. The van der Waals surface area contributed by atoms with Crippen LogP contribution in [0.3, 0.4) is 0 Å². The Bertz CT molecular complexity index is 1090. The third kappa shape index (κ3) is 4.80. The second kappa shape index (κ2) is 9.15. The lowest BCUT2D eigenvalue weighted by atomic mass is 10.3. The van der Waals surface area contributed by atoms with Crippen LogP contribution >= 0.6 is 27.7 Å². The molecule has 0 bridgehead atoms. The van der Waals surface area contributed by atoms with Gasteiger partial charge in [0.25, 0.3) is 0 Å². The topological polar surface area (TPSA) is 78.6 Å². The third-order valence-corrected chi connectivity index (χ3v) is 5.13. The first-order valence-corrected chi connectivity index (χ1v) is 10.6. The van der Waals surface area contributed by atoms with E-state index in [0.717, 1.165) is 16.0 Å². The van der Waals surface area contributed by atoms with Gasteiger partial charge in [0.15, 0.2) is 5.76 Å². The fourth-order valence-corrected chi connectivity index (χ4v) is 3.37. The summed E-state index contributed by atoms with van der Waals surface area (Å²) in [5.41, 5.74) is 0. The maximum atomic E-state index is 5.79. The molecule has 0 atom stereocenters. The number of ether oxygens (including phenoxy) is 1. The molecule has 0 spiro atoms. The Hall–Kier alpha value is -2.78. The minimum Gasteiger partial charge on any atom is -0.486 e. The number of thioether (sulfide) groups is 1. The Kier molecular flexibility index (Phi) is 6.16. The fourth-order valence-electron chi connectivity index (χ4n) is 2.49. The fraction of sp³-hybridized carbons (Fsp3) is 0.150. The predicted octanol–water partition coefficient (Wildman–Crippen LogP) is 5.47. The number of hydrogen-bond donors (Lipinski definition) is 0. The van der Waals surface area contributed by atoms with Crippen LogP contribution in [0.5, 0.6) is 5.75 Å². The lowest BCUT2D eigenvalue weighted by Gasteiger charge is -2.03. The molecule has 0 amide bonds. The Balaban J connectivity index is 1.48. The monoisotopic (exact) mass is 472 g/mol. The van der Waals surface area contributed by atoms with Crippen molar-refractivity contribution in [2.75, 3.05) is 5.75 Å². The number of aromatic nitrogens is 3. The van der Waals surface area contributed by atoms with E-state index in [1.54, 1.807) is 35.0 Å². The Morgan fingerprint density at radius 1 is 1.17 bits per heavy atom. The molecule has 0 saturated heterocycles. The SMILES string of the molecule is CCSc1nnc(-c2ccco2)n1N=Cc1ccc(COc2ccc(Br)cc2)o1. The molecule has 0 aliphatic rings. The van der Waals surface area contributed by atoms with Crippen LogP contribution in [0, 0.1) is 0 Å². The van der Waals surface area contributed by atoms with Gasteiger partial charge in [0.2, 0.25) is 11.0 Å². The van der Waals surface area contributed by atoms with E-state index in [1.807, 2.05) is 49.4 Å². The average molecular weight is 473 g/mol. The summed E-state index contributed by atoms with van der Waals surface area (Å²) in [5.74, 6) is 4.06. The summed E-state index contributed by atoms with van der Waals surface area (Å²) in [6, 6.07) is 15.0. The molecule has 29 heavy (non-hydrogen) atoms. The number of benzene rings is 1. The molecule has 3 aromatic heterocycles. The zero-order chi connectivity index (χ0) is 20.1. The van der Waals surface area contributed by atoms with Crippen molar-refractivity contribution in [1.29, 1.82) is 0 Å². The summed E-state index contributed by atoms with van der Waals surface area (Å²) in [7, 11) is 0. The number of furan rings is 2. The van der Waals surface area contributed by atoms with E-state index in [-0.39, 0.29) is 0 Å². The molecule has 4 rings (SSSR count). The van der Waals surface area contributed by atoms with Crippen LogP contribution in [-0.2, 0) is 6.61 Å². The van der Waals surface area contributed by atoms with Gasteiger partial charge in [0.05, 0.1) is 12.5 Å². The molecule has 0 N–H and O–H groups in total. The highest BCUT2D eigenvalue weighted by Crippen LogP contribution is 2.24. The summed E-state index contributed by atoms with van der Waals surface area (Å²) >= 11 is 4.95. The van der Waals surface area contributed by atoms with Crippen molar-refractivity contribution < 1.29 is 13.6 Å². The van der Waals surface area contributed by atoms with Crippen LogP contribution in [0.2, 0.25) is 0 Å². The standard InChI is InChI=1S/C20H17BrN4O3S/c1-2-29-20-24-23-19(18-4-3-11-26-18)25(20)22-12-16-9-10-17(28-16)13-27-15-7-5-14(21)6-8-15/h3-12H,2,13H2,1H3. The quantitative estimate of drug-likeness (QED) is 0.250. The van der Waals surface area contributed by atoms with Crippen molar-refractivity contribution in [3.05, 3.63) is 70.8 Å². The van der Waals surface area contributed by atoms with E-state index in [0.29, 0.717) is 34.9 Å². The highest BCUT2D eigenvalue weighted by molar-refractivity contribution is 9.10. The van der Waals surface area contributed by atoms with E-state index in [1.165, 1.54) is 0 Å². The zero-order valence-electron chi connectivity index (χ0n) is 15.5. The zero-order valence-corrected chi connectivity index (χ0v) is 17.9. The van der Waals surface area contributed by atoms with E-state index < -0.39 is 0 Å². The van der Waals surface area contributed by atoms with Gasteiger partial charge in [-0.05, 0) is 54.3 Å². The van der Waals surface area contributed by atoms with Gasteiger partial charge in [-0.25, -0.2) is 0 Å². The molecule has 0 aliphatic heterocycles. The minimum absolute atomic E-state index is 0.330. The highest BCUT2D eigenvalue weighted by atomic mass is 79.9. The van der Waals surface area contributed by atoms with Crippen molar-refractivity contribution >= 4 is 33.9 Å². The minimum atomic E-state index is 0.330. The Morgan fingerprint density at radius 3 is 2.79 bits per heavy atom. The van der Waals surface area contributed by atoms with Gasteiger partial charge in [0.1, 0.15) is 23.9 Å². The van der Waals surface area contributed by atoms with E-state index in [9.17, 15) is 0 Å². The summed E-state index contributed by atoms with van der Waals surface area (Å²) < 4.78 is 19.6. The first-order valence-electron chi connectivity index (χ1n) is 8.86. The molecule has 9 heteroatoms. The third-order valence-electron chi connectivity index (χ3n) is 3.80. The first kappa shape index (κ1) is 19.5. The van der Waals surface area contributed by atoms with Gasteiger partial charge in [-0.2, -0.15) is 9.78 Å². The van der Waals surface area contributed by atoms with Crippen LogP contribution in [0.4, 0.5) is 0 Å². The van der Waals surface area contributed by atoms with Crippen LogP contribution in [0.25, 0.3) is 11.6 Å². The van der Waals surface area contributed by atoms with Crippen LogP contribution in [-0.4, -0.2) is 26.8 Å². The van der Waals surface area contributed by atoms with E-state index in [2.05, 4.69) is 31.2 Å². The normalized spacial score (nSPS) is 11.4. The molecule has 4 aromatic rings. The lowest BCUT2D eigenvalue weighted by Crippen LogP contribution is -1.96. The summed E-state index contributed by atoms with van der Waals surface area (Å²) in [6.07, 6.45) is 3.22. The summed E-state index contributed by atoms with van der Waals surface area (Å²) in [4.78, 5) is 0. The average Bonchev–Trinajstić information content (AvgIpc) is 3.47. The van der Waals surface area contributed by atoms with Gasteiger partial charge in [-0.15, -0.1) is 10.2 Å². The second-order valence-electron chi connectivity index (χ2n) is 5.82. The number of rotatable bonds is 8. The second-order valence-corrected chi connectivity index (χ2v) is 7.97. The van der Waals surface area contributed by atoms with Gasteiger partial charge in [0, 0.05) is 4.47 Å². The maximum absolute atomic E-state index is 5.79. The molecule has 0 fully saturated rings. The predicted molar refractivity (Wildman–Crippen MR) is 114 cm³/mol. The largest absolute Gasteiger partial charge is 0.486 e. The van der Waals surface area contributed by atoms with Gasteiger partial charge >= 0.3 is 0 Å². The molecular weight excluding hydrogens is 456 g/mol. The Morgan fingerprint density at radius 2 is 2.03 bits per heavy atom. The molecule has 7 nitrogen and oxygen atoms in total. The van der Waals surface area contributed by atoms with Gasteiger partial charge in [-0.3, -0.25) is 0 Å². The van der Waals surface area contributed by atoms with Crippen molar-refractivity contribution in [3.63, 3.8) is 0 Å². The first-order chi connectivity index (χ1) is 14.2. The molecule has 0 unspecified atom stereocenters. The molecule has 148 valence electrons. The van der Waals surface area contributed by atoms with Gasteiger partial charge in [-0.1, -0.05) is 34.6 Å². The maximum Gasteiger partial charge on any atom is 0.221 e. The highest BCUT2D eigenvalue weighted by Gasteiger charge is 2.15. The molecule has 3 heterocycles. The van der Waals surface area contributed by atoms with Crippen molar-refractivity contribution in [2.45, 2.75) is 18.7 Å². The van der Waals surface area contributed by atoms with Crippen molar-refractivity contribution in [2.24, 2.45) is 5.10 Å². The van der Waals surface area contributed by atoms with E-state index >= 15 is 0 Å². The smallest absolute Gasteiger partial charge is 0.221 e. The van der Waals surface area contributed by atoms with Crippen LogP contribution < -0.4 is 4.74 Å². The molecule has 0 saturated carbocycles. The lowest BCUT2D eigenvalue weighted by molar-refractivity contribution is 0.270. The number of halogens is 1. The molecular formula is C20H17BrN4O3S. The number of nitrogens with zero attached hydrogens (tertiary/aromatic N) is 4. The molecule has 0 aliphatic carbocycles. The Labute approximate surface area is 179 Å². The summed E-state index contributed by atoms with van der Waals surface area (Å²) in [6.45, 7) is 2.38. The molecule has 1 aromatic carbocycles. The van der Waals surface area contributed by atoms with Crippen molar-refractivity contribution in [1.82, 2.24) is 14.9 Å². The van der Waals surface area contributed by atoms with Crippen LogP contribution in [0.1, 0.15) is 18.4 Å². The van der Waals surface area contributed by atoms with E-state index in [4.69, 9.17) is 13.6 Å². The van der Waals surface area contributed by atoms with Gasteiger partial charge < -0.3 is 13.6 Å². The van der Waals surface area contributed by atoms with Crippen molar-refractivity contribution in [3.8, 4) is 17.3 Å².